The van der Waals surface area contributed by atoms with Crippen molar-refractivity contribution in [1.29, 1.82) is 0 Å². The molecule has 1 heteroatoms. The maximum atomic E-state index is 3.58. The lowest BCUT2D eigenvalue weighted by Crippen LogP contribution is -2.21. The first kappa shape index (κ1) is 12.0. The van der Waals surface area contributed by atoms with E-state index in [0.717, 1.165) is 23.8 Å². The highest BCUT2D eigenvalue weighted by atomic mass is 15.0. The fourth-order valence-corrected chi connectivity index (χ4v) is 2.60. The van der Waals surface area contributed by atoms with Crippen molar-refractivity contribution in [3.63, 3.8) is 0 Å². The zero-order valence-corrected chi connectivity index (χ0v) is 10.3. The van der Waals surface area contributed by atoms with Gasteiger partial charge in [0, 0.05) is 6.04 Å². The van der Waals surface area contributed by atoms with Crippen molar-refractivity contribution in [2.75, 3.05) is 6.54 Å². The molecule has 1 saturated heterocycles. The minimum atomic E-state index is 0.735. The van der Waals surface area contributed by atoms with Gasteiger partial charge in [-0.05, 0) is 37.6 Å². The van der Waals surface area contributed by atoms with Gasteiger partial charge in [-0.1, -0.05) is 40.0 Å². The summed E-state index contributed by atoms with van der Waals surface area (Å²) in [5.74, 6) is 2.73. The molecule has 1 N–H and O–H groups in total. The highest BCUT2D eigenvalue weighted by molar-refractivity contribution is 4.85. The van der Waals surface area contributed by atoms with Crippen LogP contribution in [0.4, 0.5) is 0 Å². The lowest BCUT2D eigenvalue weighted by molar-refractivity contribution is 0.319. The van der Waals surface area contributed by atoms with E-state index in [2.05, 4.69) is 33.0 Å². The molecule has 0 aromatic heterocycles. The van der Waals surface area contributed by atoms with Crippen molar-refractivity contribution in [3.8, 4) is 0 Å². The van der Waals surface area contributed by atoms with Crippen molar-refractivity contribution in [1.82, 2.24) is 5.32 Å². The normalized spacial score (nSPS) is 34.7. The zero-order chi connectivity index (χ0) is 10.6. The molecule has 0 aliphatic carbocycles. The Labute approximate surface area is 89.7 Å². The van der Waals surface area contributed by atoms with Gasteiger partial charge in [-0.15, -0.1) is 0 Å². The molecule has 0 radical (unpaired) electrons. The highest BCUT2D eigenvalue weighted by Crippen LogP contribution is 2.29. The molecule has 4 atom stereocenters. The van der Waals surface area contributed by atoms with Gasteiger partial charge in [0.15, 0.2) is 0 Å². The van der Waals surface area contributed by atoms with E-state index in [1.54, 1.807) is 0 Å². The molecular weight excluding hydrogens is 170 g/mol. The van der Waals surface area contributed by atoms with Crippen LogP contribution in [0.3, 0.4) is 0 Å². The van der Waals surface area contributed by atoms with Crippen LogP contribution in [0.25, 0.3) is 0 Å². The third-order valence-corrected chi connectivity index (χ3v) is 3.99. The molecule has 1 aliphatic heterocycles. The molecular formula is C13H27N. The number of nitrogens with one attached hydrogen (secondary N) is 1. The molecule has 1 rings (SSSR count). The largest absolute Gasteiger partial charge is 0.314 e. The van der Waals surface area contributed by atoms with Gasteiger partial charge in [0.1, 0.15) is 0 Å². The standard InChI is InChI=1S/C13H27N/c1-5-6-7-10(2)8-13-9-14-12(4)11(13)3/h10-14H,5-9H2,1-4H3. The first-order valence-electron chi connectivity index (χ1n) is 6.38. The van der Waals surface area contributed by atoms with Crippen LogP contribution in [0.15, 0.2) is 0 Å². The average Bonchev–Trinajstić information content (AvgIpc) is 2.46. The third-order valence-electron chi connectivity index (χ3n) is 3.99. The SMILES string of the molecule is CCCCC(C)CC1CNC(C)C1C. The predicted octanol–water partition coefficient (Wildman–Crippen LogP) is 3.45. The summed E-state index contributed by atoms with van der Waals surface area (Å²) < 4.78 is 0. The molecule has 1 fully saturated rings. The summed E-state index contributed by atoms with van der Waals surface area (Å²) in [6, 6.07) is 0.735. The second-order valence-electron chi connectivity index (χ2n) is 5.30. The number of hydrogen-bond acceptors (Lipinski definition) is 1. The van der Waals surface area contributed by atoms with E-state index in [9.17, 15) is 0 Å². The van der Waals surface area contributed by atoms with Gasteiger partial charge < -0.3 is 5.32 Å². The maximum absolute atomic E-state index is 3.58. The Hall–Kier alpha value is -0.0400. The van der Waals surface area contributed by atoms with Crippen LogP contribution in [-0.4, -0.2) is 12.6 Å². The Kier molecular flexibility index (Phi) is 4.94. The third kappa shape index (κ3) is 3.27. The van der Waals surface area contributed by atoms with Crippen LogP contribution < -0.4 is 5.32 Å². The molecule has 84 valence electrons. The molecule has 0 aromatic carbocycles. The summed E-state index contributed by atoms with van der Waals surface area (Å²) >= 11 is 0. The van der Waals surface area contributed by atoms with E-state index >= 15 is 0 Å². The lowest BCUT2D eigenvalue weighted by Gasteiger charge is -2.20. The van der Waals surface area contributed by atoms with Crippen molar-refractivity contribution >= 4 is 0 Å². The van der Waals surface area contributed by atoms with E-state index in [1.165, 1.54) is 32.2 Å². The zero-order valence-electron chi connectivity index (χ0n) is 10.3. The van der Waals surface area contributed by atoms with Crippen molar-refractivity contribution in [2.45, 2.75) is 59.4 Å². The monoisotopic (exact) mass is 197 g/mol. The van der Waals surface area contributed by atoms with Crippen LogP contribution in [0.2, 0.25) is 0 Å². The Balaban J connectivity index is 2.23. The Morgan fingerprint density at radius 2 is 2.07 bits per heavy atom. The van der Waals surface area contributed by atoms with Crippen molar-refractivity contribution in [3.05, 3.63) is 0 Å². The van der Waals surface area contributed by atoms with E-state index in [4.69, 9.17) is 0 Å². The number of unbranched alkanes of at least 4 members (excludes halogenated alkanes) is 1. The molecule has 0 bridgehead atoms. The van der Waals surface area contributed by atoms with Crippen LogP contribution in [-0.2, 0) is 0 Å². The molecule has 1 heterocycles. The summed E-state index contributed by atoms with van der Waals surface area (Å²) in [4.78, 5) is 0. The second-order valence-corrected chi connectivity index (χ2v) is 5.30. The van der Waals surface area contributed by atoms with Crippen molar-refractivity contribution in [2.24, 2.45) is 17.8 Å². The Morgan fingerprint density at radius 1 is 1.36 bits per heavy atom. The molecule has 1 nitrogen and oxygen atoms in total. The van der Waals surface area contributed by atoms with E-state index in [0.29, 0.717) is 0 Å². The van der Waals surface area contributed by atoms with E-state index in [1.807, 2.05) is 0 Å². The Bertz CT molecular complexity index is 155. The summed E-state index contributed by atoms with van der Waals surface area (Å²) in [7, 11) is 0. The van der Waals surface area contributed by atoms with E-state index in [-0.39, 0.29) is 0 Å². The minimum absolute atomic E-state index is 0.735. The Morgan fingerprint density at radius 3 is 2.57 bits per heavy atom. The number of hydrogen-bond donors (Lipinski definition) is 1. The lowest BCUT2D eigenvalue weighted by atomic mass is 9.84. The van der Waals surface area contributed by atoms with Crippen LogP contribution in [0.5, 0.6) is 0 Å². The van der Waals surface area contributed by atoms with Gasteiger partial charge in [-0.2, -0.15) is 0 Å². The van der Waals surface area contributed by atoms with Crippen molar-refractivity contribution < 1.29 is 0 Å². The summed E-state index contributed by atoms with van der Waals surface area (Å²) in [5, 5.41) is 3.58. The van der Waals surface area contributed by atoms with Gasteiger partial charge in [0.05, 0.1) is 0 Å². The molecule has 0 saturated carbocycles. The van der Waals surface area contributed by atoms with Gasteiger partial charge in [0.25, 0.3) is 0 Å². The first-order chi connectivity index (χ1) is 6.65. The highest BCUT2D eigenvalue weighted by Gasteiger charge is 2.29. The number of rotatable bonds is 5. The minimum Gasteiger partial charge on any atom is -0.314 e. The fourth-order valence-electron chi connectivity index (χ4n) is 2.60. The van der Waals surface area contributed by atoms with Crippen LogP contribution >= 0.6 is 0 Å². The summed E-state index contributed by atoms with van der Waals surface area (Å²) in [5.41, 5.74) is 0. The molecule has 1 aliphatic rings. The predicted molar refractivity (Wildman–Crippen MR) is 63.4 cm³/mol. The molecule has 0 amide bonds. The van der Waals surface area contributed by atoms with Gasteiger partial charge in [0.2, 0.25) is 0 Å². The molecule has 4 unspecified atom stereocenters. The average molecular weight is 197 g/mol. The summed E-state index contributed by atoms with van der Waals surface area (Å²) in [6.07, 6.45) is 5.61. The summed E-state index contributed by atoms with van der Waals surface area (Å²) in [6.45, 7) is 10.7. The maximum Gasteiger partial charge on any atom is 0.00676 e. The van der Waals surface area contributed by atoms with Gasteiger partial charge in [-0.25, -0.2) is 0 Å². The topological polar surface area (TPSA) is 12.0 Å². The van der Waals surface area contributed by atoms with Crippen LogP contribution in [0, 0.1) is 17.8 Å². The molecule has 14 heavy (non-hydrogen) atoms. The van der Waals surface area contributed by atoms with Gasteiger partial charge in [-0.3, -0.25) is 0 Å². The molecule has 0 spiro atoms. The van der Waals surface area contributed by atoms with Gasteiger partial charge >= 0.3 is 0 Å². The second kappa shape index (κ2) is 5.75. The first-order valence-corrected chi connectivity index (χ1v) is 6.38. The van der Waals surface area contributed by atoms with Crippen LogP contribution in [0.1, 0.15) is 53.4 Å². The molecule has 0 aromatic rings. The smallest absolute Gasteiger partial charge is 0.00676 e. The quantitative estimate of drug-likeness (QED) is 0.712. The fraction of sp³-hybridized carbons (Fsp3) is 1.00. The van der Waals surface area contributed by atoms with E-state index < -0.39 is 0 Å².